The Morgan fingerprint density at radius 3 is 2.00 bits per heavy atom. The Balaban J connectivity index is 2.97. The Kier molecular flexibility index (Phi) is 15.9. The number of hydrogen-bond donors (Lipinski definition) is 2. The predicted octanol–water partition coefficient (Wildman–Crippen LogP) is 3.00. The third-order valence-corrected chi connectivity index (χ3v) is 3.42. The maximum Gasteiger partial charge on any atom is 0.319 e. The van der Waals surface area contributed by atoms with Gasteiger partial charge in [0.15, 0.2) is 0 Å². The summed E-state index contributed by atoms with van der Waals surface area (Å²) in [5.41, 5.74) is 5.13. The smallest absolute Gasteiger partial charge is 0.319 e. The largest absolute Gasteiger partial charge is 0.463 e. The first-order chi connectivity index (χ1) is 9.81. The lowest BCUT2D eigenvalue weighted by Gasteiger charge is -2.05. The first-order valence-corrected chi connectivity index (χ1v) is 8.37. The molecule has 0 aliphatic carbocycles. The maximum atomic E-state index is 10.8. The van der Waals surface area contributed by atoms with E-state index in [1.807, 2.05) is 0 Å². The molecule has 0 aromatic heterocycles. The van der Waals surface area contributed by atoms with Crippen molar-refractivity contribution in [3.63, 3.8) is 0 Å². The fourth-order valence-electron chi connectivity index (χ4n) is 2.16. The molecule has 0 aromatic rings. The lowest BCUT2D eigenvalue weighted by Crippen LogP contribution is -2.24. The summed E-state index contributed by atoms with van der Waals surface area (Å²) in [7, 11) is 0. The van der Waals surface area contributed by atoms with Gasteiger partial charge < -0.3 is 15.8 Å². The third kappa shape index (κ3) is 15.4. The van der Waals surface area contributed by atoms with E-state index < -0.39 is 0 Å². The summed E-state index contributed by atoms with van der Waals surface area (Å²) in [6.45, 7) is 4.39. The van der Waals surface area contributed by atoms with Crippen LogP contribution in [0.25, 0.3) is 0 Å². The molecule has 4 nitrogen and oxygen atoms in total. The SMILES string of the molecule is CCCCCCCCCCCCNCCOC(=O)CN. The summed E-state index contributed by atoms with van der Waals surface area (Å²) in [5.74, 6) is -0.328. The molecule has 0 amide bonds. The molecular weight excluding hydrogens is 252 g/mol. The second-order valence-electron chi connectivity index (χ2n) is 5.36. The Morgan fingerprint density at radius 2 is 1.45 bits per heavy atom. The van der Waals surface area contributed by atoms with Gasteiger partial charge in [-0.3, -0.25) is 4.79 Å². The van der Waals surface area contributed by atoms with Gasteiger partial charge in [0.1, 0.15) is 6.61 Å². The molecule has 4 heteroatoms. The van der Waals surface area contributed by atoms with E-state index in [9.17, 15) is 4.79 Å². The number of nitrogens with two attached hydrogens (primary N) is 1. The van der Waals surface area contributed by atoms with Crippen LogP contribution in [0.15, 0.2) is 0 Å². The molecule has 20 heavy (non-hydrogen) atoms. The summed E-state index contributed by atoms with van der Waals surface area (Å²) >= 11 is 0. The highest BCUT2D eigenvalue weighted by Crippen LogP contribution is 2.10. The first kappa shape index (κ1) is 19.4. The summed E-state index contributed by atoms with van der Waals surface area (Å²) in [6.07, 6.45) is 13.6. The molecule has 3 N–H and O–H groups in total. The van der Waals surface area contributed by atoms with Crippen molar-refractivity contribution in [2.75, 3.05) is 26.2 Å². The Bertz CT molecular complexity index is 211. The van der Waals surface area contributed by atoms with Crippen LogP contribution in [0.4, 0.5) is 0 Å². The third-order valence-electron chi connectivity index (χ3n) is 3.42. The van der Waals surface area contributed by atoms with Crippen molar-refractivity contribution in [1.29, 1.82) is 0 Å². The van der Waals surface area contributed by atoms with Crippen molar-refractivity contribution < 1.29 is 9.53 Å². The van der Waals surface area contributed by atoms with E-state index in [0.717, 1.165) is 13.1 Å². The van der Waals surface area contributed by atoms with Gasteiger partial charge >= 0.3 is 5.97 Å². The van der Waals surface area contributed by atoms with Crippen LogP contribution in [0, 0.1) is 0 Å². The summed E-state index contributed by atoms with van der Waals surface area (Å²) in [5, 5.41) is 3.27. The second kappa shape index (κ2) is 16.4. The standard InChI is InChI=1S/C16H34N2O2/c1-2-3-4-5-6-7-8-9-10-11-12-18-13-14-20-16(19)15-17/h18H,2-15,17H2,1H3. The monoisotopic (exact) mass is 286 g/mol. The number of esters is 1. The zero-order valence-electron chi connectivity index (χ0n) is 13.3. The molecule has 0 fully saturated rings. The Hall–Kier alpha value is -0.610. The van der Waals surface area contributed by atoms with E-state index >= 15 is 0 Å². The highest BCUT2D eigenvalue weighted by Gasteiger charge is 1.97. The summed E-state index contributed by atoms with van der Waals surface area (Å²) in [4.78, 5) is 10.8. The van der Waals surface area contributed by atoms with Crippen LogP contribution in [-0.4, -0.2) is 32.2 Å². The molecular formula is C16H34N2O2. The van der Waals surface area contributed by atoms with Crippen molar-refractivity contribution in [2.45, 2.75) is 71.1 Å². The number of carbonyl (C=O) groups is 1. The van der Waals surface area contributed by atoms with E-state index in [1.165, 1.54) is 64.2 Å². The van der Waals surface area contributed by atoms with E-state index in [0.29, 0.717) is 6.61 Å². The van der Waals surface area contributed by atoms with Crippen LogP contribution in [0.3, 0.4) is 0 Å². The fraction of sp³-hybridized carbons (Fsp3) is 0.938. The normalized spacial score (nSPS) is 10.7. The van der Waals surface area contributed by atoms with Gasteiger partial charge in [0.25, 0.3) is 0 Å². The average molecular weight is 286 g/mol. The maximum absolute atomic E-state index is 10.8. The molecule has 120 valence electrons. The predicted molar refractivity (Wildman–Crippen MR) is 84.7 cm³/mol. The molecule has 0 bridgehead atoms. The van der Waals surface area contributed by atoms with Gasteiger partial charge in [-0.05, 0) is 13.0 Å². The van der Waals surface area contributed by atoms with Gasteiger partial charge in [0.05, 0.1) is 6.54 Å². The molecule has 0 rings (SSSR count). The van der Waals surface area contributed by atoms with Crippen molar-refractivity contribution in [3.05, 3.63) is 0 Å². The number of rotatable bonds is 15. The highest BCUT2D eigenvalue weighted by atomic mass is 16.5. The van der Waals surface area contributed by atoms with Crippen LogP contribution in [0.1, 0.15) is 71.1 Å². The molecule has 0 unspecified atom stereocenters. The lowest BCUT2D eigenvalue weighted by atomic mass is 10.1. The van der Waals surface area contributed by atoms with Gasteiger partial charge in [0, 0.05) is 6.54 Å². The van der Waals surface area contributed by atoms with Crippen LogP contribution in [0.2, 0.25) is 0 Å². The zero-order chi connectivity index (χ0) is 14.9. The van der Waals surface area contributed by atoms with Gasteiger partial charge in [0.2, 0.25) is 0 Å². The molecule has 0 saturated carbocycles. The highest BCUT2D eigenvalue weighted by molar-refractivity contribution is 5.71. The molecule has 0 aromatic carbocycles. The van der Waals surface area contributed by atoms with E-state index in [-0.39, 0.29) is 12.5 Å². The quantitative estimate of drug-likeness (QED) is 0.359. The molecule has 0 atom stereocenters. The number of ether oxygens (including phenoxy) is 1. The fourth-order valence-corrected chi connectivity index (χ4v) is 2.16. The minimum Gasteiger partial charge on any atom is -0.463 e. The first-order valence-electron chi connectivity index (χ1n) is 8.37. The molecule has 0 aliphatic rings. The van der Waals surface area contributed by atoms with Crippen molar-refractivity contribution in [2.24, 2.45) is 5.73 Å². The topological polar surface area (TPSA) is 64.3 Å². The van der Waals surface area contributed by atoms with Gasteiger partial charge in [-0.1, -0.05) is 64.7 Å². The van der Waals surface area contributed by atoms with Gasteiger partial charge in [-0.25, -0.2) is 0 Å². The Morgan fingerprint density at radius 1 is 0.900 bits per heavy atom. The molecule has 0 aliphatic heterocycles. The minimum atomic E-state index is -0.328. The number of hydrogen-bond acceptors (Lipinski definition) is 4. The molecule has 0 radical (unpaired) electrons. The van der Waals surface area contributed by atoms with Gasteiger partial charge in [-0.2, -0.15) is 0 Å². The van der Waals surface area contributed by atoms with E-state index in [2.05, 4.69) is 12.2 Å². The second-order valence-corrected chi connectivity index (χ2v) is 5.36. The van der Waals surface area contributed by atoms with Crippen LogP contribution < -0.4 is 11.1 Å². The van der Waals surface area contributed by atoms with Crippen LogP contribution in [0.5, 0.6) is 0 Å². The minimum absolute atomic E-state index is 0.0293. The van der Waals surface area contributed by atoms with E-state index in [4.69, 9.17) is 10.5 Å². The average Bonchev–Trinajstić information content (AvgIpc) is 2.47. The summed E-state index contributed by atoms with van der Waals surface area (Å²) in [6, 6.07) is 0. The van der Waals surface area contributed by atoms with Crippen LogP contribution in [-0.2, 0) is 9.53 Å². The molecule has 0 heterocycles. The lowest BCUT2D eigenvalue weighted by molar-refractivity contribution is -0.141. The van der Waals surface area contributed by atoms with Crippen LogP contribution >= 0.6 is 0 Å². The van der Waals surface area contributed by atoms with Crippen molar-refractivity contribution in [3.8, 4) is 0 Å². The molecule has 0 spiro atoms. The summed E-state index contributed by atoms with van der Waals surface area (Å²) < 4.78 is 4.86. The molecule has 0 saturated heterocycles. The van der Waals surface area contributed by atoms with Crippen molar-refractivity contribution in [1.82, 2.24) is 5.32 Å². The number of nitrogens with one attached hydrogen (secondary N) is 1. The van der Waals surface area contributed by atoms with Crippen molar-refractivity contribution >= 4 is 5.97 Å². The van der Waals surface area contributed by atoms with Gasteiger partial charge in [-0.15, -0.1) is 0 Å². The zero-order valence-corrected chi connectivity index (χ0v) is 13.3. The number of carbonyl (C=O) groups excluding carboxylic acids is 1. The van der Waals surface area contributed by atoms with E-state index in [1.54, 1.807) is 0 Å². The number of unbranched alkanes of at least 4 members (excludes halogenated alkanes) is 9. The Labute approximate surface area is 124 Å².